The fourth-order valence-corrected chi connectivity index (χ4v) is 3.63. The molecule has 0 spiro atoms. The third-order valence-electron chi connectivity index (χ3n) is 4.12. The summed E-state index contributed by atoms with van der Waals surface area (Å²) >= 11 is 0. The van der Waals surface area contributed by atoms with Gasteiger partial charge in [0.05, 0.1) is 23.6 Å². The van der Waals surface area contributed by atoms with Gasteiger partial charge in [-0.1, -0.05) is 42.5 Å². The van der Waals surface area contributed by atoms with Crippen molar-refractivity contribution in [3.05, 3.63) is 71.3 Å². The van der Waals surface area contributed by atoms with E-state index in [9.17, 15) is 18.0 Å². The Balaban J connectivity index is 1.58. The fraction of sp³-hybridized carbons (Fsp3) is 0.250. The molecule has 1 aliphatic heterocycles. The minimum absolute atomic E-state index is 0.169. The normalized spacial score (nSPS) is 13.9. The summed E-state index contributed by atoms with van der Waals surface area (Å²) in [5, 5.41) is 5.61. The van der Waals surface area contributed by atoms with E-state index in [4.69, 9.17) is 4.74 Å². The van der Waals surface area contributed by atoms with Crippen molar-refractivity contribution in [2.75, 3.05) is 19.4 Å². The fourth-order valence-electron chi connectivity index (χ4n) is 2.85. The molecule has 0 unspecified atom stereocenters. The minimum Gasteiger partial charge on any atom is -0.452 e. The molecule has 146 valence electrons. The summed E-state index contributed by atoms with van der Waals surface area (Å²) in [6.07, 6.45) is 1.76. The van der Waals surface area contributed by atoms with Crippen LogP contribution in [0.25, 0.3) is 0 Å². The molecule has 1 heterocycles. The van der Waals surface area contributed by atoms with Gasteiger partial charge in [-0.3, -0.25) is 4.79 Å². The Morgan fingerprint density at radius 1 is 1.11 bits per heavy atom. The van der Waals surface area contributed by atoms with Gasteiger partial charge in [0.2, 0.25) is 0 Å². The van der Waals surface area contributed by atoms with Crippen molar-refractivity contribution in [2.24, 2.45) is 5.10 Å². The Hall–Kier alpha value is -3.00. The number of hydrazone groups is 1. The van der Waals surface area contributed by atoms with Crippen LogP contribution < -0.4 is 0 Å². The van der Waals surface area contributed by atoms with Gasteiger partial charge in [0.1, 0.15) is 0 Å². The number of ether oxygens (including phenoxy) is 1. The first kappa shape index (κ1) is 19.8. The number of benzene rings is 2. The molecule has 0 radical (unpaired) electrons. The summed E-state index contributed by atoms with van der Waals surface area (Å²) in [5.41, 5.74) is 2.45. The summed E-state index contributed by atoms with van der Waals surface area (Å²) in [4.78, 5) is 24.5. The van der Waals surface area contributed by atoms with Gasteiger partial charge in [0.15, 0.2) is 16.4 Å². The number of sulfone groups is 1. The molecule has 0 N–H and O–H groups in total. The molecule has 8 heteroatoms. The van der Waals surface area contributed by atoms with Gasteiger partial charge in [-0.2, -0.15) is 5.10 Å². The lowest BCUT2D eigenvalue weighted by atomic mass is 10.1. The van der Waals surface area contributed by atoms with Crippen LogP contribution in [0.5, 0.6) is 0 Å². The average Bonchev–Trinajstić information content (AvgIpc) is 3.16. The lowest BCUT2D eigenvalue weighted by molar-refractivity contribution is -0.134. The van der Waals surface area contributed by atoms with Gasteiger partial charge >= 0.3 is 5.97 Å². The van der Waals surface area contributed by atoms with Crippen molar-refractivity contribution in [3.8, 4) is 0 Å². The second-order valence-corrected chi connectivity index (χ2v) is 8.67. The number of esters is 1. The maximum Gasteiger partial charge on any atom is 0.338 e. The monoisotopic (exact) mass is 400 g/mol. The van der Waals surface area contributed by atoms with Gasteiger partial charge in [0, 0.05) is 12.7 Å². The summed E-state index contributed by atoms with van der Waals surface area (Å²) in [6, 6.07) is 15.7. The predicted octanol–water partition coefficient (Wildman–Crippen LogP) is 2.02. The van der Waals surface area contributed by atoms with Crippen LogP contribution in [-0.2, 0) is 25.1 Å². The second-order valence-electron chi connectivity index (χ2n) is 6.53. The number of carbonyl (C=O) groups excluding carboxylic acids is 2. The van der Waals surface area contributed by atoms with E-state index >= 15 is 0 Å². The van der Waals surface area contributed by atoms with Crippen LogP contribution in [0.15, 0.2) is 59.7 Å². The van der Waals surface area contributed by atoms with E-state index < -0.39 is 28.3 Å². The maximum atomic E-state index is 12.3. The summed E-state index contributed by atoms with van der Waals surface area (Å²) in [6.45, 7) is 0.00512. The molecule has 0 saturated carbocycles. The molecule has 0 saturated heterocycles. The lowest BCUT2D eigenvalue weighted by Crippen LogP contribution is -2.28. The first-order valence-electron chi connectivity index (χ1n) is 8.69. The van der Waals surface area contributed by atoms with E-state index in [2.05, 4.69) is 5.10 Å². The molecule has 0 atom stereocenters. The van der Waals surface area contributed by atoms with Crippen LogP contribution in [0, 0.1) is 0 Å². The highest BCUT2D eigenvalue weighted by molar-refractivity contribution is 7.89. The van der Waals surface area contributed by atoms with Crippen LogP contribution in [0.2, 0.25) is 0 Å². The SMILES string of the molecule is CS(=O)(=O)Cc1cccc(C(=O)OCC(=O)N2CCC(c3ccccc3)=N2)c1. The first-order chi connectivity index (χ1) is 13.3. The van der Waals surface area contributed by atoms with E-state index in [1.54, 1.807) is 12.1 Å². The Morgan fingerprint density at radius 3 is 2.57 bits per heavy atom. The van der Waals surface area contributed by atoms with Crippen LogP contribution in [0.4, 0.5) is 0 Å². The molecule has 2 aromatic rings. The number of nitrogens with zero attached hydrogens (tertiary/aromatic N) is 2. The average molecular weight is 400 g/mol. The number of hydrogen-bond acceptors (Lipinski definition) is 6. The Morgan fingerprint density at radius 2 is 1.86 bits per heavy atom. The van der Waals surface area contributed by atoms with Crippen molar-refractivity contribution in [1.82, 2.24) is 5.01 Å². The van der Waals surface area contributed by atoms with E-state index in [0.29, 0.717) is 18.5 Å². The zero-order valence-electron chi connectivity index (χ0n) is 15.4. The third-order valence-corrected chi connectivity index (χ3v) is 4.97. The van der Waals surface area contributed by atoms with E-state index in [-0.39, 0.29) is 11.3 Å². The lowest BCUT2D eigenvalue weighted by Gasteiger charge is -2.11. The zero-order chi connectivity index (χ0) is 20.1. The quantitative estimate of drug-likeness (QED) is 0.692. The highest BCUT2D eigenvalue weighted by Gasteiger charge is 2.22. The largest absolute Gasteiger partial charge is 0.452 e. The Labute approximate surface area is 163 Å². The second kappa shape index (κ2) is 8.35. The summed E-state index contributed by atoms with van der Waals surface area (Å²) in [7, 11) is -3.21. The van der Waals surface area contributed by atoms with Gasteiger partial charge in [-0.05, 0) is 23.3 Å². The molecule has 0 fully saturated rings. The number of hydrogen-bond donors (Lipinski definition) is 0. The van der Waals surface area contributed by atoms with Crippen molar-refractivity contribution in [2.45, 2.75) is 12.2 Å². The molecule has 0 bridgehead atoms. The van der Waals surface area contributed by atoms with E-state index in [0.717, 1.165) is 17.5 Å². The molecule has 28 heavy (non-hydrogen) atoms. The van der Waals surface area contributed by atoms with Crippen molar-refractivity contribution < 1.29 is 22.7 Å². The molecule has 2 aromatic carbocycles. The van der Waals surface area contributed by atoms with Crippen LogP contribution in [0.1, 0.15) is 27.9 Å². The number of rotatable bonds is 6. The van der Waals surface area contributed by atoms with Gasteiger partial charge < -0.3 is 4.74 Å². The maximum absolute atomic E-state index is 12.3. The van der Waals surface area contributed by atoms with Crippen LogP contribution in [-0.4, -0.2) is 50.4 Å². The molecule has 7 nitrogen and oxygen atoms in total. The molecule has 0 aliphatic carbocycles. The highest BCUT2D eigenvalue weighted by atomic mass is 32.2. The Kier molecular flexibility index (Phi) is 5.89. The number of carbonyl (C=O) groups is 2. The molecule has 3 rings (SSSR count). The summed E-state index contributed by atoms with van der Waals surface area (Å²) in [5.74, 6) is -1.26. The van der Waals surface area contributed by atoms with Crippen LogP contribution >= 0.6 is 0 Å². The van der Waals surface area contributed by atoms with Gasteiger partial charge in [-0.15, -0.1) is 0 Å². The molecular formula is C20H20N2O5S. The van der Waals surface area contributed by atoms with Crippen molar-refractivity contribution >= 4 is 27.4 Å². The van der Waals surface area contributed by atoms with Crippen molar-refractivity contribution in [3.63, 3.8) is 0 Å². The van der Waals surface area contributed by atoms with Gasteiger partial charge in [0.25, 0.3) is 5.91 Å². The summed E-state index contributed by atoms with van der Waals surface area (Å²) < 4.78 is 27.9. The molecular weight excluding hydrogens is 380 g/mol. The third kappa shape index (κ3) is 5.26. The topological polar surface area (TPSA) is 93.1 Å². The minimum atomic E-state index is -3.21. The molecule has 0 aromatic heterocycles. The smallest absolute Gasteiger partial charge is 0.338 e. The predicted molar refractivity (Wildman–Crippen MR) is 105 cm³/mol. The highest BCUT2D eigenvalue weighted by Crippen LogP contribution is 2.14. The number of amides is 1. The van der Waals surface area contributed by atoms with E-state index in [1.165, 1.54) is 17.1 Å². The molecule has 1 aliphatic rings. The first-order valence-corrected chi connectivity index (χ1v) is 10.7. The van der Waals surface area contributed by atoms with E-state index in [1.807, 2.05) is 30.3 Å². The molecule has 1 amide bonds. The zero-order valence-corrected chi connectivity index (χ0v) is 16.2. The van der Waals surface area contributed by atoms with Gasteiger partial charge in [-0.25, -0.2) is 18.2 Å². The van der Waals surface area contributed by atoms with Crippen molar-refractivity contribution in [1.29, 1.82) is 0 Å². The standard InChI is InChI=1S/C20H20N2O5S/c1-28(25,26)14-15-6-5-9-17(12-15)20(24)27-13-19(23)22-11-10-18(21-22)16-7-3-2-4-8-16/h2-9,12H,10-11,13-14H2,1H3. The van der Waals surface area contributed by atoms with Crippen LogP contribution in [0.3, 0.4) is 0 Å². The Bertz CT molecular complexity index is 1020.